The number of methoxy groups -OCH3 is 1. The van der Waals surface area contributed by atoms with E-state index in [2.05, 4.69) is 39.5 Å². The van der Waals surface area contributed by atoms with Crippen LogP contribution in [0.15, 0.2) is 30.3 Å². The third kappa shape index (κ3) is 3.28. The Bertz CT molecular complexity index is 1100. The summed E-state index contributed by atoms with van der Waals surface area (Å²) in [5, 5.41) is 4.53. The quantitative estimate of drug-likeness (QED) is 0.655. The lowest BCUT2D eigenvalue weighted by Gasteiger charge is -2.26. The number of benzene rings is 2. The number of nitrogens with zero attached hydrogens (tertiary/aromatic N) is 1. The van der Waals surface area contributed by atoms with E-state index in [-0.39, 0.29) is 5.91 Å². The zero-order valence-corrected chi connectivity index (χ0v) is 17.2. The van der Waals surface area contributed by atoms with E-state index in [9.17, 15) is 4.79 Å². The third-order valence-corrected chi connectivity index (χ3v) is 6.45. The van der Waals surface area contributed by atoms with Crippen LogP contribution in [0.1, 0.15) is 40.7 Å². The summed E-state index contributed by atoms with van der Waals surface area (Å²) in [6, 6.07) is 10.5. The second-order valence-corrected chi connectivity index (χ2v) is 8.30. The summed E-state index contributed by atoms with van der Waals surface area (Å²) in [4.78, 5) is 18.5. The predicted molar refractivity (Wildman–Crippen MR) is 116 cm³/mol. The lowest BCUT2D eigenvalue weighted by atomic mass is 9.99. The topological polar surface area (TPSA) is 57.4 Å². The summed E-state index contributed by atoms with van der Waals surface area (Å²) < 4.78 is 5.45. The summed E-state index contributed by atoms with van der Waals surface area (Å²) in [5.41, 5.74) is 5.54. The van der Waals surface area contributed by atoms with Crippen molar-refractivity contribution in [2.24, 2.45) is 0 Å². The molecular weight excluding hydrogens is 386 g/mol. The summed E-state index contributed by atoms with van der Waals surface area (Å²) in [5.74, 6) is 0.491. The first-order chi connectivity index (χ1) is 14.1. The van der Waals surface area contributed by atoms with Crippen LogP contribution in [-0.2, 0) is 13.1 Å². The van der Waals surface area contributed by atoms with Gasteiger partial charge in [0.05, 0.1) is 17.7 Å². The number of rotatable bonds is 4. The predicted octanol–water partition coefficient (Wildman–Crippen LogP) is 4.73. The molecule has 0 aliphatic carbocycles. The molecule has 0 bridgehead atoms. The highest BCUT2D eigenvalue weighted by atomic mass is 35.5. The zero-order chi connectivity index (χ0) is 20.0. The molecule has 3 heterocycles. The molecular formula is C23H24ClN3O2. The lowest BCUT2D eigenvalue weighted by Crippen LogP contribution is -2.28. The fourth-order valence-corrected chi connectivity index (χ4v) is 4.83. The van der Waals surface area contributed by atoms with Crippen LogP contribution in [0.2, 0.25) is 5.02 Å². The number of aromatic nitrogens is 1. The molecule has 2 aromatic carbocycles. The fourth-order valence-electron chi connectivity index (χ4n) is 4.53. The second kappa shape index (κ2) is 7.39. The minimum Gasteiger partial charge on any atom is -0.495 e. The normalized spacial score (nSPS) is 16.8. The van der Waals surface area contributed by atoms with Gasteiger partial charge >= 0.3 is 0 Å². The lowest BCUT2D eigenvalue weighted by molar-refractivity contribution is 0.0966. The van der Waals surface area contributed by atoms with E-state index in [0.29, 0.717) is 22.9 Å². The van der Waals surface area contributed by atoms with E-state index < -0.39 is 0 Å². The molecule has 0 radical (unpaired) electrons. The highest BCUT2D eigenvalue weighted by Crippen LogP contribution is 2.40. The number of nitrogens with one attached hydrogen (secondary N) is 2. The molecule has 2 aliphatic heterocycles. The Morgan fingerprint density at radius 2 is 1.97 bits per heavy atom. The van der Waals surface area contributed by atoms with Crippen LogP contribution >= 0.6 is 11.6 Å². The number of piperidine rings is 1. The number of amides is 1. The van der Waals surface area contributed by atoms with Gasteiger partial charge < -0.3 is 15.0 Å². The number of aromatic amines is 1. The molecule has 1 amide bonds. The monoisotopic (exact) mass is 409 g/mol. The molecule has 6 heteroatoms. The highest BCUT2D eigenvalue weighted by molar-refractivity contribution is 6.34. The van der Waals surface area contributed by atoms with Gasteiger partial charge in [-0.2, -0.15) is 0 Å². The van der Waals surface area contributed by atoms with Crippen molar-refractivity contribution in [2.75, 3.05) is 20.2 Å². The Morgan fingerprint density at radius 1 is 1.14 bits per heavy atom. The number of hydrogen-bond acceptors (Lipinski definition) is 3. The van der Waals surface area contributed by atoms with Gasteiger partial charge in [-0.05, 0) is 55.8 Å². The number of hydrogen-bond donors (Lipinski definition) is 2. The number of halogens is 1. The van der Waals surface area contributed by atoms with Crippen molar-refractivity contribution in [2.45, 2.75) is 32.4 Å². The first-order valence-electron chi connectivity index (χ1n) is 10.2. The van der Waals surface area contributed by atoms with Gasteiger partial charge in [-0.1, -0.05) is 24.1 Å². The molecule has 3 aromatic rings. The van der Waals surface area contributed by atoms with E-state index in [0.717, 1.165) is 34.3 Å². The molecule has 1 aromatic heterocycles. The minimum absolute atomic E-state index is 0.0935. The van der Waals surface area contributed by atoms with E-state index >= 15 is 0 Å². The number of carbonyl (C=O) groups excluding carboxylic acids is 1. The first kappa shape index (κ1) is 18.5. The van der Waals surface area contributed by atoms with Crippen LogP contribution in [0, 0.1) is 0 Å². The van der Waals surface area contributed by atoms with E-state index in [1.165, 1.54) is 37.9 Å². The van der Waals surface area contributed by atoms with Gasteiger partial charge in [-0.15, -0.1) is 0 Å². The number of likely N-dealkylation sites (tertiary alicyclic amines) is 1. The van der Waals surface area contributed by atoms with Gasteiger partial charge in [0.15, 0.2) is 0 Å². The van der Waals surface area contributed by atoms with Crippen molar-refractivity contribution in [3.63, 3.8) is 0 Å². The summed E-state index contributed by atoms with van der Waals surface area (Å²) in [6.07, 6.45) is 3.93. The molecule has 2 N–H and O–H groups in total. The number of H-pyrrole nitrogens is 1. The molecule has 0 spiro atoms. The Labute approximate surface area is 175 Å². The zero-order valence-electron chi connectivity index (χ0n) is 16.5. The van der Waals surface area contributed by atoms with E-state index in [1.54, 1.807) is 7.11 Å². The van der Waals surface area contributed by atoms with Crippen LogP contribution in [0.25, 0.3) is 22.2 Å². The van der Waals surface area contributed by atoms with Gasteiger partial charge in [0.25, 0.3) is 5.91 Å². The van der Waals surface area contributed by atoms with Crippen LogP contribution in [0.4, 0.5) is 0 Å². The van der Waals surface area contributed by atoms with Crippen molar-refractivity contribution < 1.29 is 9.53 Å². The summed E-state index contributed by atoms with van der Waals surface area (Å²) in [6.45, 7) is 3.78. The smallest absolute Gasteiger partial charge is 0.252 e. The van der Waals surface area contributed by atoms with Crippen molar-refractivity contribution >= 4 is 28.4 Å². The largest absolute Gasteiger partial charge is 0.495 e. The van der Waals surface area contributed by atoms with Gasteiger partial charge in [0.1, 0.15) is 5.75 Å². The number of ether oxygens (including phenoxy) is 1. The van der Waals surface area contributed by atoms with Gasteiger partial charge in [-0.3, -0.25) is 9.69 Å². The molecule has 0 atom stereocenters. The molecule has 2 aliphatic rings. The standard InChI is InChI=1S/C23H24ClN3O2/c1-29-20-11-16(21-17(22(20)24)12-25-23(21)28)19-10-15-9-14(5-6-18(15)26-19)13-27-7-3-2-4-8-27/h5-6,9-11,26H,2-4,7-8,12-13H2,1H3,(H,25,28). The SMILES string of the molecule is COc1cc(-c2cc3cc(CN4CCCCC4)ccc3[nH]2)c2c(c1Cl)CNC2=O. The van der Waals surface area contributed by atoms with Crippen molar-refractivity contribution in [3.05, 3.63) is 52.0 Å². The molecule has 0 saturated carbocycles. The Hall–Kier alpha value is -2.50. The third-order valence-electron chi connectivity index (χ3n) is 6.03. The molecule has 150 valence electrons. The summed E-state index contributed by atoms with van der Waals surface area (Å²) in [7, 11) is 1.60. The van der Waals surface area contributed by atoms with Crippen molar-refractivity contribution in [1.82, 2.24) is 15.2 Å². The van der Waals surface area contributed by atoms with E-state index in [1.807, 2.05) is 6.07 Å². The van der Waals surface area contributed by atoms with Crippen molar-refractivity contribution in [3.8, 4) is 17.0 Å². The second-order valence-electron chi connectivity index (χ2n) is 7.92. The van der Waals surface area contributed by atoms with Gasteiger partial charge in [0, 0.05) is 40.8 Å². The minimum atomic E-state index is -0.0935. The molecule has 1 saturated heterocycles. The molecule has 29 heavy (non-hydrogen) atoms. The van der Waals surface area contributed by atoms with Gasteiger partial charge in [0.2, 0.25) is 0 Å². The van der Waals surface area contributed by atoms with Crippen LogP contribution in [0.3, 0.4) is 0 Å². The van der Waals surface area contributed by atoms with Crippen LogP contribution < -0.4 is 10.1 Å². The highest BCUT2D eigenvalue weighted by Gasteiger charge is 2.28. The Kier molecular flexibility index (Phi) is 4.72. The Balaban J connectivity index is 1.54. The summed E-state index contributed by atoms with van der Waals surface area (Å²) >= 11 is 6.44. The Morgan fingerprint density at radius 3 is 2.76 bits per heavy atom. The fraction of sp³-hybridized carbons (Fsp3) is 0.348. The molecule has 5 nitrogen and oxygen atoms in total. The van der Waals surface area contributed by atoms with Crippen LogP contribution in [-0.4, -0.2) is 36.0 Å². The van der Waals surface area contributed by atoms with E-state index in [4.69, 9.17) is 16.3 Å². The maximum absolute atomic E-state index is 12.5. The molecule has 5 rings (SSSR count). The maximum Gasteiger partial charge on any atom is 0.252 e. The molecule has 1 fully saturated rings. The number of fused-ring (bicyclic) bond motifs is 2. The number of carbonyl (C=O) groups is 1. The average Bonchev–Trinajstić information content (AvgIpc) is 3.33. The molecule has 0 unspecified atom stereocenters. The average molecular weight is 410 g/mol. The van der Waals surface area contributed by atoms with Crippen LogP contribution in [0.5, 0.6) is 5.75 Å². The first-order valence-corrected chi connectivity index (χ1v) is 10.5. The van der Waals surface area contributed by atoms with Gasteiger partial charge in [-0.25, -0.2) is 0 Å². The maximum atomic E-state index is 12.5. The van der Waals surface area contributed by atoms with Crippen molar-refractivity contribution in [1.29, 1.82) is 0 Å².